The van der Waals surface area contributed by atoms with Crippen LogP contribution in [0.4, 0.5) is 0 Å². The quantitative estimate of drug-likeness (QED) is 0.712. The number of benzene rings is 1. The Bertz CT molecular complexity index is 485. The van der Waals surface area contributed by atoms with Crippen molar-refractivity contribution in [3.05, 3.63) is 35.9 Å². The van der Waals surface area contributed by atoms with E-state index in [0.29, 0.717) is 13.0 Å². The van der Waals surface area contributed by atoms with Crippen LogP contribution in [0.3, 0.4) is 0 Å². The predicted molar refractivity (Wildman–Crippen MR) is 73.5 cm³/mol. The summed E-state index contributed by atoms with van der Waals surface area (Å²) in [5.74, 6) is -1.16. The molecule has 2 N–H and O–H groups in total. The number of carbonyl (C=O) groups excluding carboxylic acids is 1. The zero-order valence-corrected chi connectivity index (χ0v) is 11.5. The Kier molecular flexibility index (Phi) is 6.52. The average molecular weight is 285 g/mol. The van der Waals surface area contributed by atoms with Crippen molar-refractivity contribution in [1.29, 1.82) is 0 Å². The SMILES string of the molecule is O=C(CS(=O)(=O)CCCO)NCCc1ccccc1. The lowest BCUT2D eigenvalue weighted by Crippen LogP contribution is -2.32. The molecule has 1 aromatic rings. The van der Waals surface area contributed by atoms with Crippen LogP contribution in [0, 0.1) is 0 Å². The highest BCUT2D eigenvalue weighted by Gasteiger charge is 2.15. The molecule has 0 radical (unpaired) electrons. The number of aliphatic hydroxyl groups is 1. The number of amides is 1. The van der Waals surface area contributed by atoms with Crippen LogP contribution in [0.15, 0.2) is 30.3 Å². The summed E-state index contributed by atoms with van der Waals surface area (Å²) in [6, 6.07) is 9.64. The molecule has 6 heteroatoms. The molecule has 106 valence electrons. The second kappa shape index (κ2) is 7.91. The van der Waals surface area contributed by atoms with Crippen molar-refractivity contribution in [2.24, 2.45) is 0 Å². The van der Waals surface area contributed by atoms with Gasteiger partial charge < -0.3 is 10.4 Å². The van der Waals surface area contributed by atoms with E-state index >= 15 is 0 Å². The van der Waals surface area contributed by atoms with E-state index < -0.39 is 21.5 Å². The van der Waals surface area contributed by atoms with Crippen molar-refractivity contribution in [1.82, 2.24) is 5.32 Å². The van der Waals surface area contributed by atoms with Gasteiger partial charge in [0, 0.05) is 13.2 Å². The summed E-state index contributed by atoms with van der Waals surface area (Å²) in [4.78, 5) is 11.5. The predicted octanol–water partition coefficient (Wildman–Crippen LogP) is 0.143. The monoisotopic (exact) mass is 285 g/mol. The molecule has 1 aromatic carbocycles. The van der Waals surface area contributed by atoms with Crippen molar-refractivity contribution in [2.45, 2.75) is 12.8 Å². The number of nitrogens with one attached hydrogen (secondary N) is 1. The second-order valence-electron chi connectivity index (χ2n) is 4.25. The van der Waals surface area contributed by atoms with Gasteiger partial charge in [-0.1, -0.05) is 30.3 Å². The van der Waals surface area contributed by atoms with Crippen LogP contribution in [0.25, 0.3) is 0 Å². The van der Waals surface area contributed by atoms with Crippen LogP contribution in [0.5, 0.6) is 0 Å². The zero-order chi connectivity index (χ0) is 14.1. The minimum absolute atomic E-state index is 0.157. The Morgan fingerprint density at radius 1 is 1.21 bits per heavy atom. The van der Waals surface area contributed by atoms with Gasteiger partial charge in [0.15, 0.2) is 9.84 Å². The first-order chi connectivity index (χ1) is 9.03. The first-order valence-corrected chi connectivity index (χ1v) is 7.97. The zero-order valence-electron chi connectivity index (χ0n) is 10.7. The normalized spacial score (nSPS) is 11.2. The lowest BCUT2D eigenvalue weighted by atomic mass is 10.1. The van der Waals surface area contributed by atoms with E-state index in [1.54, 1.807) is 0 Å². The van der Waals surface area contributed by atoms with Gasteiger partial charge >= 0.3 is 0 Å². The first-order valence-electron chi connectivity index (χ1n) is 6.15. The van der Waals surface area contributed by atoms with Crippen LogP contribution in [-0.2, 0) is 21.1 Å². The Labute approximate surface area is 113 Å². The van der Waals surface area contributed by atoms with Gasteiger partial charge in [-0.05, 0) is 18.4 Å². The summed E-state index contributed by atoms with van der Waals surface area (Å²) in [6.07, 6.45) is 0.836. The number of hydrogen-bond donors (Lipinski definition) is 2. The van der Waals surface area contributed by atoms with Crippen molar-refractivity contribution < 1.29 is 18.3 Å². The minimum Gasteiger partial charge on any atom is -0.396 e. The topological polar surface area (TPSA) is 83.5 Å². The molecular weight excluding hydrogens is 266 g/mol. The van der Waals surface area contributed by atoms with E-state index in [1.165, 1.54) is 0 Å². The maximum Gasteiger partial charge on any atom is 0.235 e. The summed E-state index contributed by atoms with van der Waals surface area (Å²) >= 11 is 0. The Hall–Kier alpha value is -1.40. The van der Waals surface area contributed by atoms with Crippen molar-refractivity contribution >= 4 is 15.7 Å². The summed E-state index contributed by atoms with van der Waals surface area (Å²) in [5.41, 5.74) is 1.09. The molecule has 0 saturated carbocycles. The lowest BCUT2D eigenvalue weighted by molar-refractivity contribution is -0.118. The van der Waals surface area contributed by atoms with E-state index in [1.807, 2.05) is 30.3 Å². The van der Waals surface area contributed by atoms with Gasteiger partial charge in [-0.15, -0.1) is 0 Å². The third-order valence-corrected chi connectivity index (χ3v) is 4.16. The van der Waals surface area contributed by atoms with E-state index in [2.05, 4.69) is 5.32 Å². The molecule has 0 aliphatic rings. The fourth-order valence-corrected chi connectivity index (χ4v) is 2.81. The molecule has 1 amide bonds. The molecule has 0 bridgehead atoms. The molecule has 0 aliphatic carbocycles. The largest absolute Gasteiger partial charge is 0.396 e. The van der Waals surface area contributed by atoms with Crippen LogP contribution >= 0.6 is 0 Å². The number of sulfone groups is 1. The smallest absolute Gasteiger partial charge is 0.235 e. The first kappa shape index (κ1) is 15.7. The van der Waals surface area contributed by atoms with Crippen molar-refractivity contribution in [3.8, 4) is 0 Å². The summed E-state index contributed by atoms with van der Waals surface area (Å²) < 4.78 is 22.9. The van der Waals surface area contributed by atoms with Gasteiger partial charge in [0.25, 0.3) is 0 Å². The molecule has 0 aliphatic heterocycles. The second-order valence-corrected chi connectivity index (χ2v) is 6.44. The fourth-order valence-electron chi connectivity index (χ4n) is 1.60. The van der Waals surface area contributed by atoms with Gasteiger partial charge in [-0.3, -0.25) is 4.79 Å². The van der Waals surface area contributed by atoms with E-state index in [0.717, 1.165) is 5.56 Å². The molecule has 0 aromatic heterocycles. The van der Waals surface area contributed by atoms with Crippen LogP contribution in [-0.4, -0.2) is 44.1 Å². The third-order valence-electron chi connectivity index (χ3n) is 2.54. The molecule has 0 atom stereocenters. The molecule has 0 heterocycles. The van der Waals surface area contributed by atoms with Crippen LogP contribution < -0.4 is 5.32 Å². The van der Waals surface area contributed by atoms with Crippen LogP contribution in [0.2, 0.25) is 0 Å². The van der Waals surface area contributed by atoms with E-state index in [9.17, 15) is 13.2 Å². The molecular formula is C13H19NO4S. The molecule has 1 rings (SSSR count). The highest BCUT2D eigenvalue weighted by Crippen LogP contribution is 1.98. The van der Waals surface area contributed by atoms with Gasteiger partial charge in [-0.2, -0.15) is 0 Å². The Morgan fingerprint density at radius 2 is 1.89 bits per heavy atom. The highest BCUT2D eigenvalue weighted by molar-refractivity contribution is 7.92. The molecule has 5 nitrogen and oxygen atoms in total. The van der Waals surface area contributed by atoms with Crippen molar-refractivity contribution in [3.63, 3.8) is 0 Å². The molecule has 0 unspecified atom stereocenters. The van der Waals surface area contributed by atoms with Gasteiger partial charge in [0.05, 0.1) is 5.75 Å². The summed E-state index contributed by atoms with van der Waals surface area (Å²) in [6.45, 7) is 0.229. The lowest BCUT2D eigenvalue weighted by Gasteiger charge is -2.06. The van der Waals surface area contributed by atoms with E-state index in [4.69, 9.17) is 5.11 Å². The molecule has 0 spiro atoms. The van der Waals surface area contributed by atoms with Crippen molar-refractivity contribution in [2.75, 3.05) is 24.7 Å². The maximum absolute atomic E-state index is 11.5. The third kappa shape index (κ3) is 6.93. The Balaban J connectivity index is 2.28. The number of carbonyl (C=O) groups is 1. The average Bonchev–Trinajstić information content (AvgIpc) is 2.37. The number of hydrogen-bond acceptors (Lipinski definition) is 4. The summed E-state index contributed by atoms with van der Waals surface area (Å²) in [5, 5.41) is 11.1. The Morgan fingerprint density at radius 3 is 2.53 bits per heavy atom. The summed E-state index contributed by atoms with van der Waals surface area (Å²) in [7, 11) is -3.41. The minimum atomic E-state index is -3.41. The van der Waals surface area contributed by atoms with Crippen LogP contribution in [0.1, 0.15) is 12.0 Å². The maximum atomic E-state index is 11.5. The molecule has 19 heavy (non-hydrogen) atoms. The fraction of sp³-hybridized carbons (Fsp3) is 0.462. The number of aliphatic hydroxyl groups excluding tert-OH is 1. The van der Waals surface area contributed by atoms with Gasteiger partial charge in [0.2, 0.25) is 5.91 Å². The van der Waals surface area contributed by atoms with Gasteiger partial charge in [0.1, 0.15) is 5.75 Å². The highest BCUT2D eigenvalue weighted by atomic mass is 32.2. The van der Waals surface area contributed by atoms with Gasteiger partial charge in [-0.25, -0.2) is 8.42 Å². The number of rotatable bonds is 8. The van der Waals surface area contributed by atoms with E-state index in [-0.39, 0.29) is 18.8 Å². The standard InChI is InChI=1S/C13H19NO4S/c15-9-4-10-19(17,18)11-13(16)14-8-7-12-5-2-1-3-6-12/h1-3,5-6,15H,4,7-11H2,(H,14,16). The molecule has 0 fully saturated rings. The molecule has 0 saturated heterocycles.